The minimum absolute atomic E-state index is 0.0144. The molecule has 0 aliphatic carbocycles. The lowest BCUT2D eigenvalue weighted by molar-refractivity contribution is 0.0939. The Morgan fingerprint density at radius 3 is 2.55 bits per heavy atom. The molecule has 0 saturated heterocycles. The lowest BCUT2D eigenvalue weighted by atomic mass is 10.1. The van der Waals surface area contributed by atoms with Crippen LogP contribution in [0.1, 0.15) is 30.6 Å². The summed E-state index contributed by atoms with van der Waals surface area (Å²) in [5, 5.41) is 2.75. The molecule has 0 bridgehead atoms. The molecule has 1 rings (SSSR count). The third-order valence-electron chi connectivity index (χ3n) is 2.73. The minimum Gasteiger partial charge on any atom is -0.494 e. The van der Waals surface area contributed by atoms with Crippen LogP contribution in [0.15, 0.2) is 21.5 Å². The predicted octanol–water partition coefficient (Wildman–Crippen LogP) is 2.91. The summed E-state index contributed by atoms with van der Waals surface area (Å²) in [7, 11) is 2.67. The molecule has 1 aromatic rings. The Hall–Kier alpha value is -0.790. The molecule has 5 nitrogen and oxygen atoms in total. The van der Waals surface area contributed by atoms with Crippen molar-refractivity contribution < 1.29 is 17.9 Å². The molecule has 1 atom stereocenters. The molecule has 1 aromatic carbocycles. The summed E-state index contributed by atoms with van der Waals surface area (Å²) in [4.78, 5) is 11.8. The quantitative estimate of drug-likeness (QED) is 0.792. The highest BCUT2D eigenvalue weighted by Gasteiger charge is 2.22. The molecule has 0 aliphatic rings. The summed E-state index contributed by atoms with van der Waals surface area (Å²) in [6.07, 6.45) is 0.768. The fraction of sp³-hybridized carbons (Fsp3) is 0.417. The van der Waals surface area contributed by atoms with Gasteiger partial charge in [-0.3, -0.25) is 4.79 Å². The van der Waals surface area contributed by atoms with Gasteiger partial charge in [0.15, 0.2) is 5.75 Å². The summed E-state index contributed by atoms with van der Waals surface area (Å²) in [5.74, 6) is -0.302. The number of rotatable bonds is 5. The zero-order valence-electron chi connectivity index (χ0n) is 11.2. The molecule has 0 aliphatic heterocycles. The molecule has 0 radical (unpaired) electrons. The molecule has 112 valence electrons. The van der Waals surface area contributed by atoms with Crippen molar-refractivity contribution in [3.63, 3.8) is 0 Å². The summed E-state index contributed by atoms with van der Waals surface area (Å²) < 4.78 is 28.4. The average Bonchev–Trinajstić information content (AvgIpc) is 2.36. The van der Waals surface area contributed by atoms with E-state index in [4.69, 9.17) is 15.4 Å². The van der Waals surface area contributed by atoms with Crippen LogP contribution in [0.25, 0.3) is 0 Å². The van der Waals surface area contributed by atoms with Gasteiger partial charge in [0.05, 0.1) is 11.6 Å². The number of carbonyl (C=O) groups is 1. The molecular formula is C12H15BrClNO4S. The second-order valence-corrected chi connectivity index (χ2v) is 7.60. The Kier molecular flexibility index (Phi) is 5.85. The van der Waals surface area contributed by atoms with Gasteiger partial charge in [0, 0.05) is 22.3 Å². The number of hydrogen-bond donors (Lipinski definition) is 1. The molecule has 1 N–H and O–H groups in total. The Labute approximate surface area is 131 Å². The van der Waals surface area contributed by atoms with E-state index in [2.05, 4.69) is 21.2 Å². The first-order valence-electron chi connectivity index (χ1n) is 5.83. The van der Waals surface area contributed by atoms with Gasteiger partial charge in [0.25, 0.3) is 15.0 Å². The van der Waals surface area contributed by atoms with Crippen LogP contribution >= 0.6 is 26.6 Å². The Morgan fingerprint density at radius 2 is 2.10 bits per heavy atom. The molecule has 0 spiro atoms. The first-order valence-corrected chi connectivity index (χ1v) is 8.94. The van der Waals surface area contributed by atoms with Crippen LogP contribution < -0.4 is 10.1 Å². The van der Waals surface area contributed by atoms with Crippen molar-refractivity contribution >= 4 is 41.6 Å². The van der Waals surface area contributed by atoms with Gasteiger partial charge in [-0.2, -0.15) is 0 Å². The second kappa shape index (κ2) is 6.78. The van der Waals surface area contributed by atoms with Crippen molar-refractivity contribution in [2.24, 2.45) is 0 Å². The SMILES string of the molecule is CCC(C)NC(=O)c1cc(Br)c(OC)c(S(=O)(=O)Cl)c1. The highest BCUT2D eigenvalue weighted by Crippen LogP contribution is 2.35. The molecule has 1 unspecified atom stereocenters. The van der Waals surface area contributed by atoms with Crippen molar-refractivity contribution in [3.8, 4) is 5.75 Å². The lowest BCUT2D eigenvalue weighted by Gasteiger charge is -2.14. The minimum atomic E-state index is -4.02. The van der Waals surface area contributed by atoms with Crippen LogP contribution in [-0.4, -0.2) is 27.5 Å². The fourth-order valence-corrected chi connectivity index (χ4v) is 3.27. The van der Waals surface area contributed by atoms with E-state index in [1.54, 1.807) is 0 Å². The lowest BCUT2D eigenvalue weighted by Crippen LogP contribution is -2.32. The summed E-state index contributed by atoms with van der Waals surface area (Å²) >= 11 is 3.17. The van der Waals surface area contributed by atoms with E-state index in [-0.39, 0.29) is 28.2 Å². The van der Waals surface area contributed by atoms with E-state index >= 15 is 0 Å². The zero-order valence-corrected chi connectivity index (χ0v) is 14.4. The van der Waals surface area contributed by atoms with Crippen molar-refractivity contribution in [1.29, 1.82) is 0 Å². The number of nitrogens with one attached hydrogen (secondary N) is 1. The van der Waals surface area contributed by atoms with Crippen molar-refractivity contribution in [2.45, 2.75) is 31.2 Å². The number of amides is 1. The van der Waals surface area contributed by atoms with E-state index in [0.717, 1.165) is 6.42 Å². The van der Waals surface area contributed by atoms with Gasteiger partial charge >= 0.3 is 0 Å². The molecule has 0 heterocycles. The smallest absolute Gasteiger partial charge is 0.265 e. The van der Waals surface area contributed by atoms with Gasteiger partial charge in [-0.15, -0.1) is 0 Å². The van der Waals surface area contributed by atoms with Crippen LogP contribution in [0.4, 0.5) is 0 Å². The van der Waals surface area contributed by atoms with Gasteiger partial charge in [-0.05, 0) is 41.4 Å². The largest absolute Gasteiger partial charge is 0.494 e. The van der Waals surface area contributed by atoms with Crippen LogP contribution in [0.5, 0.6) is 5.75 Å². The summed E-state index contributed by atoms with van der Waals surface area (Å²) in [5.41, 5.74) is 0.192. The Morgan fingerprint density at radius 1 is 1.50 bits per heavy atom. The van der Waals surface area contributed by atoms with E-state index in [1.165, 1.54) is 19.2 Å². The molecule has 20 heavy (non-hydrogen) atoms. The highest BCUT2D eigenvalue weighted by atomic mass is 79.9. The molecular weight excluding hydrogens is 370 g/mol. The van der Waals surface area contributed by atoms with Crippen LogP contribution in [-0.2, 0) is 9.05 Å². The Bertz CT molecular complexity index is 618. The monoisotopic (exact) mass is 383 g/mol. The number of hydrogen-bond acceptors (Lipinski definition) is 4. The molecule has 8 heteroatoms. The topological polar surface area (TPSA) is 72.5 Å². The second-order valence-electron chi connectivity index (χ2n) is 4.21. The summed E-state index contributed by atoms with van der Waals surface area (Å²) in [6.45, 7) is 3.79. The fourth-order valence-electron chi connectivity index (χ4n) is 1.49. The maximum Gasteiger partial charge on any atom is 0.265 e. The summed E-state index contributed by atoms with van der Waals surface area (Å²) in [6, 6.07) is 2.67. The van der Waals surface area contributed by atoms with E-state index in [0.29, 0.717) is 4.47 Å². The highest BCUT2D eigenvalue weighted by molar-refractivity contribution is 9.10. The first-order chi connectivity index (χ1) is 9.20. The van der Waals surface area contributed by atoms with Crippen LogP contribution in [0, 0.1) is 0 Å². The molecule has 0 fully saturated rings. The van der Waals surface area contributed by atoms with Crippen molar-refractivity contribution in [2.75, 3.05) is 7.11 Å². The van der Waals surface area contributed by atoms with Crippen molar-refractivity contribution in [1.82, 2.24) is 5.32 Å². The Balaban J connectivity index is 3.32. The molecule has 0 aromatic heterocycles. The number of methoxy groups -OCH3 is 1. The average molecular weight is 385 g/mol. The van der Waals surface area contributed by atoms with Gasteiger partial charge < -0.3 is 10.1 Å². The van der Waals surface area contributed by atoms with E-state index < -0.39 is 9.05 Å². The molecule has 1 amide bonds. The van der Waals surface area contributed by atoms with Gasteiger partial charge in [-0.1, -0.05) is 6.92 Å². The van der Waals surface area contributed by atoms with Gasteiger partial charge in [-0.25, -0.2) is 8.42 Å². The van der Waals surface area contributed by atoms with Crippen LogP contribution in [0.2, 0.25) is 0 Å². The van der Waals surface area contributed by atoms with E-state index in [9.17, 15) is 13.2 Å². The third kappa shape index (κ3) is 4.10. The third-order valence-corrected chi connectivity index (χ3v) is 4.64. The predicted molar refractivity (Wildman–Crippen MR) is 81.0 cm³/mol. The maximum absolute atomic E-state index is 12.0. The number of carbonyl (C=O) groups excluding carboxylic acids is 1. The van der Waals surface area contributed by atoms with Gasteiger partial charge in [0.1, 0.15) is 4.90 Å². The maximum atomic E-state index is 12.0. The number of benzene rings is 1. The standard InChI is InChI=1S/C12H15BrClNO4S/c1-4-7(2)15-12(16)8-5-9(13)11(19-3)10(6-8)20(14,17)18/h5-7H,4H2,1-3H3,(H,15,16). The number of ether oxygens (including phenoxy) is 1. The van der Waals surface area contributed by atoms with E-state index in [1.807, 2.05) is 13.8 Å². The number of halogens is 2. The van der Waals surface area contributed by atoms with Crippen molar-refractivity contribution in [3.05, 3.63) is 22.2 Å². The molecule has 0 saturated carbocycles. The van der Waals surface area contributed by atoms with Crippen LogP contribution in [0.3, 0.4) is 0 Å². The normalized spacial score (nSPS) is 12.8. The first kappa shape index (κ1) is 17.3. The van der Waals surface area contributed by atoms with Gasteiger partial charge in [0.2, 0.25) is 0 Å². The zero-order chi connectivity index (χ0) is 15.5.